The number of halogens is 3. The summed E-state index contributed by atoms with van der Waals surface area (Å²) in [7, 11) is 0. The maximum absolute atomic E-state index is 9.78. The Hall–Kier alpha value is -1.09. The minimum Gasteiger partial charge on any atom is -0.506 e. The molecule has 0 fully saturated rings. The van der Waals surface area contributed by atoms with Crippen molar-refractivity contribution in [3.63, 3.8) is 0 Å². The third kappa shape index (κ3) is 2.83. The maximum atomic E-state index is 9.78. The Kier molecular flexibility index (Phi) is 4.23. The van der Waals surface area contributed by atoms with E-state index >= 15 is 0 Å². The average molecular weight is 303 g/mol. The van der Waals surface area contributed by atoms with Crippen molar-refractivity contribution in [1.82, 2.24) is 0 Å². The fourth-order valence-corrected chi connectivity index (χ4v) is 2.28. The molecule has 2 aromatic carbocycles. The molecule has 0 spiro atoms. The molecule has 0 heterocycles. The molecule has 0 aliphatic rings. The minimum absolute atomic E-state index is 0.0647. The van der Waals surface area contributed by atoms with Gasteiger partial charge >= 0.3 is 0 Å². The summed E-state index contributed by atoms with van der Waals surface area (Å²) < 4.78 is 0. The van der Waals surface area contributed by atoms with Gasteiger partial charge in [-0.1, -0.05) is 53.0 Å². The molecule has 18 heavy (non-hydrogen) atoms. The summed E-state index contributed by atoms with van der Waals surface area (Å²) in [6.07, 6.45) is 0. The third-order valence-electron chi connectivity index (χ3n) is 2.49. The van der Waals surface area contributed by atoms with E-state index in [-0.39, 0.29) is 5.75 Å². The van der Waals surface area contributed by atoms with Gasteiger partial charge in [0.2, 0.25) is 0 Å². The van der Waals surface area contributed by atoms with Crippen molar-refractivity contribution in [1.29, 1.82) is 0 Å². The lowest BCUT2D eigenvalue weighted by Gasteiger charge is -2.11. The Labute approximate surface area is 120 Å². The van der Waals surface area contributed by atoms with E-state index in [0.717, 1.165) is 0 Å². The van der Waals surface area contributed by atoms with Crippen LogP contribution in [-0.2, 0) is 6.54 Å². The first-order chi connectivity index (χ1) is 8.59. The summed E-state index contributed by atoms with van der Waals surface area (Å²) in [5.74, 6) is 0.0647. The summed E-state index contributed by atoms with van der Waals surface area (Å²) in [6.45, 7) is 0.385. The van der Waals surface area contributed by atoms with Gasteiger partial charge in [-0.15, -0.1) is 0 Å². The molecule has 0 aliphatic heterocycles. The Bertz CT molecular complexity index is 552. The van der Waals surface area contributed by atoms with Gasteiger partial charge in [0.1, 0.15) is 5.75 Å². The largest absolute Gasteiger partial charge is 0.506 e. The predicted molar refractivity (Wildman–Crippen MR) is 76.9 cm³/mol. The van der Waals surface area contributed by atoms with Crippen molar-refractivity contribution in [2.45, 2.75) is 6.54 Å². The Morgan fingerprint density at radius 3 is 2.11 bits per heavy atom. The normalized spacial score (nSPS) is 10.4. The van der Waals surface area contributed by atoms with Gasteiger partial charge in [-0.3, -0.25) is 0 Å². The molecule has 0 saturated heterocycles. The highest BCUT2D eigenvalue weighted by molar-refractivity contribution is 6.39. The molecule has 0 aromatic heterocycles. The van der Waals surface area contributed by atoms with Gasteiger partial charge in [0.25, 0.3) is 0 Å². The van der Waals surface area contributed by atoms with E-state index in [1.165, 1.54) is 0 Å². The first-order valence-electron chi connectivity index (χ1n) is 5.24. The van der Waals surface area contributed by atoms with Crippen LogP contribution in [0.3, 0.4) is 0 Å². The van der Waals surface area contributed by atoms with Gasteiger partial charge in [-0.25, -0.2) is 0 Å². The highest BCUT2D eigenvalue weighted by atomic mass is 35.5. The molecule has 2 nitrogen and oxygen atoms in total. The van der Waals surface area contributed by atoms with Crippen LogP contribution in [0.2, 0.25) is 15.1 Å². The van der Waals surface area contributed by atoms with Crippen LogP contribution in [0.15, 0.2) is 36.4 Å². The highest BCUT2D eigenvalue weighted by Crippen LogP contribution is 2.32. The Morgan fingerprint density at radius 2 is 1.44 bits per heavy atom. The molecule has 0 radical (unpaired) electrons. The van der Waals surface area contributed by atoms with E-state index in [9.17, 15) is 5.11 Å². The molecule has 0 bridgehead atoms. The molecular formula is C13H10Cl3NO. The summed E-state index contributed by atoms with van der Waals surface area (Å²) in [5.41, 5.74) is 1.32. The fraction of sp³-hybridized carbons (Fsp3) is 0.0769. The van der Waals surface area contributed by atoms with Crippen LogP contribution in [0.5, 0.6) is 5.75 Å². The number of para-hydroxylation sites is 2. The van der Waals surface area contributed by atoms with Crippen LogP contribution in [-0.4, -0.2) is 5.11 Å². The fourth-order valence-electron chi connectivity index (χ4n) is 1.55. The summed E-state index contributed by atoms with van der Waals surface area (Å²) in [4.78, 5) is 0. The zero-order valence-electron chi connectivity index (χ0n) is 9.25. The van der Waals surface area contributed by atoms with Gasteiger partial charge in [0.15, 0.2) is 0 Å². The molecule has 0 aliphatic carbocycles. The van der Waals surface area contributed by atoms with Crippen molar-refractivity contribution in [3.05, 3.63) is 57.0 Å². The Morgan fingerprint density at radius 1 is 0.889 bits per heavy atom. The molecule has 2 N–H and O–H groups in total. The summed E-state index contributed by atoms with van der Waals surface area (Å²) in [6, 6.07) is 10.4. The summed E-state index contributed by atoms with van der Waals surface area (Å²) in [5, 5.41) is 14.2. The smallest absolute Gasteiger partial charge is 0.139 e. The zero-order valence-corrected chi connectivity index (χ0v) is 11.5. The molecule has 0 unspecified atom stereocenters. The molecule has 2 aromatic rings. The second-order valence-electron chi connectivity index (χ2n) is 3.70. The van der Waals surface area contributed by atoms with Gasteiger partial charge in [0.05, 0.1) is 20.8 Å². The lowest BCUT2D eigenvalue weighted by molar-refractivity contribution is 0.469. The molecule has 0 atom stereocenters. The number of rotatable bonds is 3. The van der Waals surface area contributed by atoms with Crippen LogP contribution in [0, 0.1) is 0 Å². The SMILES string of the molecule is Oc1c(Cl)cccc1CNc1c(Cl)cccc1Cl. The van der Waals surface area contributed by atoms with E-state index in [1.54, 1.807) is 36.4 Å². The number of anilines is 1. The van der Waals surface area contributed by atoms with Crippen LogP contribution >= 0.6 is 34.8 Å². The van der Waals surface area contributed by atoms with E-state index < -0.39 is 0 Å². The van der Waals surface area contributed by atoms with E-state index in [0.29, 0.717) is 32.9 Å². The van der Waals surface area contributed by atoms with E-state index in [1.807, 2.05) is 0 Å². The average Bonchev–Trinajstić information content (AvgIpc) is 2.33. The number of aromatic hydroxyl groups is 1. The van der Waals surface area contributed by atoms with Crippen molar-refractivity contribution < 1.29 is 5.11 Å². The van der Waals surface area contributed by atoms with Crippen molar-refractivity contribution in [2.75, 3.05) is 5.32 Å². The lowest BCUT2D eigenvalue weighted by Crippen LogP contribution is -2.01. The second-order valence-corrected chi connectivity index (χ2v) is 4.92. The topological polar surface area (TPSA) is 32.3 Å². The molecule has 0 amide bonds. The lowest BCUT2D eigenvalue weighted by atomic mass is 10.2. The number of hydrogen-bond acceptors (Lipinski definition) is 2. The third-order valence-corrected chi connectivity index (χ3v) is 3.42. The quantitative estimate of drug-likeness (QED) is 0.839. The number of phenolic OH excluding ortho intramolecular Hbond substituents is 1. The van der Waals surface area contributed by atoms with Crippen LogP contribution < -0.4 is 5.32 Å². The van der Waals surface area contributed by atoms with Gasteiger partial charge in [0, 0.05) is 12.1 Å². The van der Waals surface area contributed by atoms with Crippen LogP contribution in [0.1, 0.15) is 5.56 Å². The first kappa shape index (κ1) is 13.3. The van der Waals surface area contributed by atoms with E-state index in [4.69, 9.17) is 34.8 Å². The standard InChI is InChI=1S/C13H10Cl3NO/c14-9-4-2-5-10(15)12(9)17-7-8-3-1-6-11(16)13(8)18/h1-6,17-18H,7H2. The zero-order chi connectivity index (χ0) is 13.1. The highest BCUT2D eigenvalue weighted by Gasteiger charge is 2.08. The van der Waals surface area contributed by atoms with Crippen LogP contribution in [0.4, 0.5) is 5.69 Å². The summed E-state index contributed by atoms with van der Waals surface area (Å²) >= 11 is 17.9. The Balaban J connectivity index is 2.19. The van der Waals surface area contributed by atoms with Gasteiger partial charge in [-0.05, 0) is 18.2 Å². The van der Waals surface area contributed by atoms with Gasteiger partial charge in [-0.2, -0.15) is 0 Å². The molecule has 2 rings (SSSR count). The molecular weight excluding hydrogens is 293 g/mol. The minimum atomic E-state index is 0.0647. The number of hydrogen-bond donors (Lipinski definition) is 2. The van der Waals surface area contributed by atoms with Crippen molar-refractivity contribution in [2.24, 2.45) is 0 Å². The molecule has 5 heteroatoms. The second kappa shape index (κ2) is 5.70. The maximum Gasteiger partial charge on any atom is 0.139 e. The monoisotopic (exact) mass is 301 g/mol. The van der Waals surface area contributed by atoms with Crippen LogP contribution in [0.25, 0.3) is 0 Å². The number of phenols is 1. The molecule has 94 valence electrons. The number of benzene rings is 2. The molecule has 0 saturated carbocycles. The first-order valence-corrected chi connectivity index (χ1v) is 6.37. The van der Waals surface area contributed by atoms with Crippen molar-refractivity contribution >= 4 is 40.5 Å². The van der Waals surface area contributed by atoms with E-state index in [2.05, 4.69) is 5.32 Å². The van der Waals surface area contributed by atoms with Crippen molar-refractivity contribution in [3.8, 4) is 5.75 Å². The number of nitrogens with one attached hydrogen (secondary N) is 1. The predicted octanol–water partition coefficient (Wildman–Crippen LogP) is 4.96. The van der Waals surface area contributed by atoms with Gasteiger partial charge < -0.3 is 10.4 Å².